The summed E-state index contributed by atoms with van der Waals surface area (Å²) in [4.78, 5) is 0. The van der Waals surface area contributed by atoms with E-state index < -0.39 is 6.04 Å². The molecule has 0 heterocycles. The van der Waals surface area contributed by atoms with Crippen molar-refractivity contribution >= 4 is 33.2 Å². The lowest BCUT2D eigenvalue weighted by Gasteiger charge is -2.15. The highest BCUT2D eigenvalue weighted by molar-refractivity contribution is 9.10. The maximum Gasteiger partial charge on any atom is 0.138 e. The first-order valence-corrected chi connectivity index (χ1v) is 7.22. The van der Waals surface area contributed by atoms with Crippen molar-refractivity contribution in [3.63, 3.8) is 0 Å². The lowest BCUT2D eigenvalue weighted by Crippen LogP contribution is -2.15. The molecule has 0 saturated heterocycles. The Morgan fingerprint density at radius 1 is 1.25 bits per heavy atom. The summed E-state index contributed by atoms with van der Waals surface area (Å²) in [6, 6.07) is 12.1. The van der Waals surface area contributed by atoms with E-state index in [0.717, 1.165) is 10.0 Å². The molecular weight excluding hydrogens is 340 g/mol. The molecule has 0 aliphatic rings. The number of rotatable bonds is 4. The summed E-state index contributed by atoms with van der Waals surface area (Å²) >= 11 is 9.22. The minimum Gasteiger partial charge on any atom is -0.506 e. The lowest BCUT2D eigenvalue weighted by molar-refractivity contribution is 0.462. The molecule has 0 aliphatic heterocycles. The zero-order valence-corrected chi connectivity index (χ0v) is 12.9. The molecule has 1 unspecified atom stereocenters. The van der Waals surface area contributed by atoms with Crippen LogP contribution in [-0.2, 0) is 0 Å². The van der Waals surface area contributed by atoms with Gasteiger partial charge in [-0.25, -0.2) is 0 Å². The van der Waals surface area contributed by atoms with E-state index in [1.54, 1.807) is 18.2 Å². The van der Waals surface area contributed by atoms with Crippen LogP contribution in [0.4, 0.5) is 0 Å². The Morgan fingerprint density at radius 2 is 1.90 bits per heavy atom. The van der Waals surface area contributed by atoms with E-state index in [1.165, 1.54) is 0 Å². The van der Waals surface area contributed by atoms with Gasteiger partial charge in [0.1, 0.15) is 5.75 Å². The fourth-order valence-electron chi connectivity index (χ4n) is 1.93. The number of para-hydroxylation sites is 1. The molecule has 0 radical (unpaired) electrons. The van der Waals surface area contributed by atoms with Gasteiger partial charge in [-0.2, -0.15) is 0 Å². The number of benzene rings is 2. The Balaban J connectivity index is 2.15. The van der Waals surface area contributed by atoms with Gasteiger partial charge in [0.25, 0.3) is 0 Å². The third-order valence-corrected chi connectivity index (χ3v) is 3.87. The molecule has 3 nitrogen and oxygen atoms in total. The molecule has 4 N–H and O–H groups in total. The van der Waals surface area contributed by atoms with E-state index in [2.05, 4.69) is 15.9 Å². The second-order valence-electron chi connectivity index (χ2n) is 4.47. The molecule has 1 atom stereocenters. The van der Waals surface area contributed by atoms with Crippen molar-refractivity contribution in [2.45, 2.75) is 12.5 Å². The zero-order valence-electron chi connectivity index (χ0n) is 10.6. The molecule has 20 heavy (non-hydrogen) atoms. The van der Waals surface area contributed by atoms with Crippen LogP contribution in [0, 0.1) is 5.41 Å². The fraction of sp³-hybridized carbons (Fsp3) is 0.133. The Labute approximate surface area is 131 Å². The maximum atomic E-state index is 9.90. The predicted molar refractivity (Wildman–Crippen MR) is 85.6 cm³/mol. The lowest BCUT2D eigenvalue weighted by atomic mass is 9.97. The Morgan fingerprint density at radius 3 is 2.55 bits per heavy atom. The van der Waals surface area contributed by atoms with Crippen LogP contribution < -0.4 is 5.73 Å². The molecule has 2 aromatic rings. The van der Waals surface area contributed by atoms with E-state index in [4.69, 9.17) is 22.7 Å². The summed E-state index contributed by atoms with van der Waals surface area (Å²) < 4.78 is 0.964. The van der Waals surface area contributed by atoms with Gasteiger partial charge >= 0.3 is 0 Å². The molecule has 0 aliphatic carbocycles. The van der Waals surface area contributed by atoms with Crippen LogP contribution >= 0.6 is 27.5 Å². The van der Waals surface area contributed by atoms with Gasteiger partial charge in [0.2, 0.25) is 0 Å². The Hall–Kier alpha value is -1.36. The van der Waals surface area contributed by atoms with Gasteiger partial charge in [-0.3, -0.25) is 0 Å². The minimum absolute atomic E-state index is 0.00901. The molecular formula is C15H14BrClN2O. The fourth-order valence-corrected chi connectivity index (χ4v) is 2.38. The standard InChI is InChI=1S/C15H14BrClN2O/c16-10-6-4-9(5-7-10)13(18)8-14(19)11-2-1-3-12(17)15(11)20/h1-7,14,18,20H,8,19H2. The van der Waals surface area contributed by atoms with E-state index in [0.29, 0.717) is 17.7 Å². The molecule has 0 aromatic heterocycles. The second kappa shape index (κ2) is 6.39. The van der Waals surface area contributed by atoms with Crippen LogP contribution in [0.15, 0.2) is 46.9 Å². The third kappa shape index (κ3) is 3.39. The number of hydrogen-bond donors (Lipinski definition) is 3. The monoisotopic (exact) mass is 352 g/mol. The van der Waals surface area contributed by atoms with Crippen molar-refractivity contribution in [2.24, 2.45) is 5.73 Å². The van der Waals surface area contributed by atoms with Gasteiger partial charge < -0.3 is 16.2 Å². The molecule has 2 rings (SSSR count). The summed E-state index contributed by atoms with van der Waals surface area (Å²) in [5.41, 5.74) is 7.85. The van der Waals surface area contributed by atoms with Crippen LogP contribution in [0.5, 0.6) is 5.75 Å². The van der Waals surface area contributed by atoms with E-state index in [9.17, 15) is 5.11 Å². The van der Waals surface area contributed by atoms with Crippen molar-refractivity contribution in [3.05, 3.63) is 63.1 Å². The summed E-state index contributed by atoms with van der Waals surface area (Å²) in [7, 11) is 0. The highest BCUT2D eigenvalue weighted by Gasteiger charge is 2.15. The Bertz CT molecular complexity index is 628. The maximum absolute atomic E-state index is 9.90. The second-order valence-corrected chi connectivity index (χ2v) is 5.80. The topological polar surface area (TPSA) is 70.1 Å². The predicted octanol–water partition coefficient (Wildman–Crippen LogP) is 4.27. The summed E-state index contributed by atoms with van der Waals surface area (Å²) in [6.45, 7) is 0. The van der Waals surface area contributed by atoms with Gasteiger partial charge in [0.15, 0.2) is 0 Å². The summed E-state index contributed by atoms with van der Waals surface area (Å²) in [6.07, 6.45) is 0.329. The van der Waals surface area contributed by atoms with Crippen molar-refractivity contribution in [2.75, 3.05) is 0 Å². The van der Waals surface area contributed by atoms with E-state index in [-0.39, 0.29) is 10.8 Å². The highest BCUT2D eigenvalue weighted by atomic mass is 79.9. The van der Waals surface area contributed by atoms with Gasteiger partial charge in [0.05, 0.1) is 5.02 Å². The van der Waals surface area contributed by atoms with Crippen molar-refractivity contribution < 1.29 is 5.11 Å². The summed E-state index contributed by atoms with van der Waals surface area (Å²) in [5.74, 6) is -0.00901. The van der Waals surface area contributed by atoms with Crippen molar-refractivity contribution in [1.82, 2.24) is 0 Å². The van der Waals surface area contributed by atoms with Crippen molar-refractivity contribution in [1.29, 1.82) is 5.41 Å². The summed E-state index contributed by atoms with van der Waals surface area (Å²) in [5, 5.41) is 18.3. The number of phenols is 1. The van der Waals surface area contributed by atoms with E-state index in [1.807, 2.05) is 24.3 Å². The molecule has 0 fully saturated rings. The van der Waals surface area contributed by atoms with Crippen molar-refractivity contribution in [3.8, 4) is 5.75 Å². The normalized spacial score (nSPS) is 12.2. The molecule has 2 aromatic carbocycles. The number of nitrogens with two attached hydrogens (primary N) is 1. The van der Waals surface area contributed by atoms with Crippen LogP contribution in [0.3, 0.4) is 0 Å². The molecule has 0 bridgehead atoms. The minimum atomic E-state index is -0.468. The van der Waals surface area contributed by atoms with Gasteiger partial charge in [0, 0.05) is 28.2 Å². The van der Waals surface area contributed by atoms with Crippen LogP contribution in [-0.4, -0.2) is 10.8 Å². The number of phenolic OH excluding ortho intramolecular Hbond substituents is 1. The van der Waals surface area contributed by atoms with E-state index >= 15 is 0 Å². The number of aromatic hydroxyl groups is 1. The highest BCUT2D eigenvalue weighted by Crippen LogP contribution is 2.32. The molecule has 104 valence electrons. The average molecular weight is 354 g/mol. The van der Waals surface area contributed by atoms with Gasteiger partial charge in [-0.05, 0) is 23.8 Å². The number of nitrogens with one attached hydrogen (secondary N) is 1. The SMILES string of the molecule is N=C(CC(N)c1cccc(Cl)c1O)c1ccc(Br)cc1. The van der Waals surface area contributed by atoms with Gasteiger partial charge in [-0.1, -0.05) is 51.8 Å². The quantitative estimate of drug-likeness (QED) is 0.719. The first-order chi connectivity index (χ1) is 9.49. The largest absolute Gasteiger partial charge is 0.506 e. The first kappa shape index (κ1) is 15.0. The number of hydrogen-bond acceptors (Lipinski definition) is 3. The first-order valence-electron chi connectivity index (χ1n) is 6.05. The molecule has 0 saturated carbocycles. The zero-order chi connectivity index (χ0) is 14.7. The number of halogens is 2. The van der Waals surface area contributed by atoms with Crippen LogP contribution in [0.2, 0.25) is 5.02 Å². The van der Waals surface area contributed by atoms with Gasteiger partial charge in [-0.15, -0.1) is 0 Å². The molecule has 5 heteroatoms. The smallest absolute Gasteiger partial charge is 0.138 e. The van der Waals surface area contributed by atoms with Crippen LogP contribution in [0.25, 0.3) is 0 Å². The van der Waals surface area contributed by atoms with Crippen LogP contribution in [0.1, 0.15) is 23.6 Å². The molecule has 0 amide bonds. The third-order valence-electron chi connectivity index (χ3n) is 3.03. The molecule has 0 spiro atoms. The average Bonchev–Trinajstić information content (AvgIpc) is 2.42. The Kier molecular flexibility index (Phi) is 4.81.